The minimum atomic E-state index is -0.842. The molecular weight excluding hydrogens is 976 g/mol. The smallest absolute Gasteiger partial charge is 0.444 e. The number of hydrogen-bond acceptors (Lipinski definition) is 16. The molecule has 0 aliphatic carbocycles. The van der Waals surface area contributed by atoms with Crippen LogP contribution in [0.15, 0.2) is 61.4 Å². The van der Waals surface area contributed by atoms with E-state index in [1.807, 2.05) is 40.9 Å². The van der Waals surface area contributed by atoms with Gasteiger partial charge in [-0.2, -0.15) is 20.2 Å². The van der Waals surface area contributed by atoms with E-state index in [1.165, 1.54) is 18.7 Å². The summed E-state index contributed by atoms with van der Waals surface area (Å²) in [5.41, 5.74) is -1.23. The number of ether oxygens (including phenoxy) is 2. The molecule has 1 fully saturated rings. The number of alkyl carbamates (subject to hydrolysis) is 2. The first kappa shape index (κ1) is 54.7. The van der Waals surface area contributed by atoms with Crippen molar-refractivity contribution in [3.63, 3.8) is 0 Å². The van der Waals surface area contributed by atoms with Gasteiger partial charge < -0.3 is 40.0 Å². The molecule has 6 aromatic rings. The van der Waals surface area contributed by atoms with E-state index in [9.17, 15) is 18.4 Å². The minimum Gasteiger partial charge on any atom is -0.444 e. The molecule has 0 radical (unpaired) electrons. The molecule has 374 valence electrons. The maximum Gasteiger partial charge on any atom is 0.497 e. The highest BCUT2D eigenvalue weighted by Gasteiger charge is 2.52. The molecule has 0 bridgehead atoms. The molecule has 2 amide bonds. The van der Waals surface area contributed by atoms with E-state index in [1.54, 1.807) is 94.5 Å². The van der Waals surface area contributed by atoms with Crippen LogP contribution in [0.1, 0.15) is 80.4 Å². The first-order valence-electron chi connectivity index (χ1n) is 21.4. The third-order valence-electron chi connectivity index (χ3n) is 9.77. The van der Waals surface area contributed by atoms with E-state index >= 15 is 0 Å². The lowest BCUT2D eigenvalue weighted by Gasteiger charge is -2.32. The number of nitrogens with zero attached hydrogens (tertiary/aromatic N) is 10. The summed E-state index contributed by atoms with van der Waals surface area (Å²) in [6, 6.07) is 9.84. The van der Waals surface area contributed by atoms with Crippen LogP contribution in [0, 0.1) is 11.6 Å². The second-order valence-corrected chi connectivity index (χ2v) is 19.4. The topological polar surface area (TPSA) is 232 Å². The fraction of sp³-hybridized carbons (Fsp3) is 0.409. The van der Waals surface area contributed by atoms with Crippen molar-refractivity contribution in [2.24, 2.45) is 14.1 Å². The average Bonchev–Trinajstić information content (AvgIpc) is 3.92. The average molecular weight is 1030 g/mol. The molecule has 0 saturated carbocycles. The summed E-state index contributed by atoms with van der Waals surface area (Å²) in [5, 5.41) is 19.1. The zero-order chi connectivity index (χ0) is 51.8. The minimum absolute atomic E-state index is 0.00856. The van der Waals surface area contributed by atoms with Crippen LogP contribution in [-0.2, 0) is 46.0 Å². The Morgan fingerprint density at radius 2 is 1.13 bits per heavy atom. The highest BCUT2D eigenvalue weighted by atomic mass is 35.5. The predicted octanol–water partition coefficient (Wildman–Crippen LogP) is 8.64. The molecular formula is C44H54BCl3F2N14O6. The van der Waals surface area contributed by atoms with Crippen molar-refractivity contribution in [1.29, 1.82) is 0 Å². The van der Waals surface area contributed by atoms with Gasteiger partial charge in [-0.1, -0.05) is 41.4 Å². The number of aryl methyl sites for hydroxylation is 2. The summed E-state index contributed by atoms with van der Waals surface area (Å²) in [7, 11) is 2.76. The monoisotopic (exact) mass is 1030 g/mol. The van der Waals surface area contributed by atoms with Crippen LogP contribution in [0.4, 0.5) is 41.9 Å². The number of carbonyl (C=O) groups excluding carboxylic acids is 2. The van der Waals surface area contributed by atoms with E-state index in [2.05, 4.69) is 61.4 Å². The Hall–Kier alpha value is -6.27. The lowest BCUT2D eigenvalue weighted by Crippen LogP contribution is -2.41. The molecule has 26 heteroatoms. The number of carbonyl (C=O) groups is 2. The molecule has 20 nitrogen and oxygen atoms in total. The fourth-order valence-electron chi connectivity index (χ4n) is 5.77. The molecule has 7 rings (SSSR count). The van der Waals surface area contributed by atoms with Gasteiger partial charge in [0.05, 0.1) is 26.8 Å². The zero-order valence-electron chi connectivity index (χ0n) is 40.6. The first-order chi connectivity index (χ1) is 32.6. The summed E-state index contributed by atoms with van der Waals surface area (Å²) >= 11 is 17.9. The van der Waals surface area contributed by atoms with Crippen LogP contribution in [0.5, 0.6) is 0 Å². The molecule has 2 aromatic carbocycles. The molecule has 0 spiro atoms. The van der Waals surface area contributed by atoms with E-state index in [-0.39, 0.29) is 51.2 Å². The van der Waals surface area contributed by atoms with Crippen LogP contribution >= 0.6 is 34.8 Å². The quantitative estimate of drug-likeness (QED) is 0.0941. The van der Waals surface area contributed by atoms with Gasteiger partial charge in [0.15, 0.2) is 23.3 Å². The van der Waals surface area contributed by atoms with Crippen molar-refractivity contribution in [1.82, 2.24) is 60.1 Å². The lowest BCUT2D eigenvalue weighted by molar-refractivity contribution is 0.00578. The highest BCUT2D eigenvalue weighted by molar-refractivity contribution is 6.62. The Morgan fingerprint density at radius 3 is 1.59 bits per heavy atom. The first-order valence-corrected chi connectivity index (χ1v) is 22.5. The second kappa shape index (κ2) is 22.7. The van der Waals surface area contributed by atoms with E-state index in [0.717, 1.165) is 0 Å². The Balaban J connectivity index is 0.000000207. The maximum atomic E-state index is 14.9. The molecule has 4 N–H and O–H groups in total. The number of hydrogen-bond donors (Lipinski definition) is 4. The predicted molar refractivity (Wildman–Crippen MR) is 261 cm³/mol. The van der Waals surface area contributed by atoms with Crippen LogP contribution in [0.25, 0.3) is 11.4 Å². The third kappa shape index (κ3) is 15.6. The number of aromatic nitrogens is 10. The van der Waals surface area contributed by atoms with E-state index in [4.69, 9.17) is 53.6 Å². The fourth-order valence-corrected chi connectivity index (χ4v) is 6.36. The molecule has 5 heterocycles. The standard InChI is InChI=1S/C19H21ClFN7O2.C18H26BClFNO4.C7H7ClN6/c1-19(2,3)30-18(29)22-9-11-5-6-12(15(21)14(11)20)16-23-10-24-17(26-16)25-13-7-8-28(4)27-13;1-16(2,3)24-15(23)22-10-11-8-9-12(14(21)13(11)20)19-25-17(4,5)18(6,7)26-19;1-14-3-2-5(13-14)11-7-10-4-9-6(8)12-7/h5-8,10H,9H2,1-4H3,(H,22,29)(H,23,24,25,26,27);8-9H,10H2,1-7H3,(H,22,23);2-4H,1H3,(H,9,10,11,12,13). The Kier molecular flexibility index (Phi) is 17.7. The van der Waals surface area contributed by atoms with E-state index < -0.39 is 53.3 Å². The molecule has 0 atom stereocenters. The van der Waals surface area contributed by atoms with Gasteiger partial charge in [0.25, 0.3) is 0 Å². The van der Waals surface area contributed by atoms with Crippen molar-refractivity contribution >= 4 is 83.1 Å². The Labute approximate surface area is 419 Å². The number of anilines is 4. The summed E-state index contributed by atoms with van der Waals surface area (Å²) in [4.78, 5) is 47.2. The van der Waals surface area contributed by atoms with Gasteiger partial charge in [0, 0.05) is 57.2 Å². The number of amides is 2. The van der Waals surface area contributed by atoms with Crippen LogP contribution in [-0.4, -0.2) is 91.2 Å². The van der Waals surface area contributed by atoms with Crippen molar-refractivity contribution in [2.45, 2.75) is 105 Å². The number of rotatable bonds is 10. The Morgan fingerprint density at radius 1 is 0.671 bits per heavy atom. The van der Waals surface area contributed by atoms with Gasteiger partial charge in [-0.05, 0) is 98.0 Å². The molecule has 0 unspecified atom stereocenters. The highest BCUT2D eigenvalue weighted by Crippen LogP contribution is 2.37. The lowest BCUT2D eigenvalue weighted by atomic mass is 9.78. The molecule has 70 heavy (non-hydrogen) atoms. The van der Waals surface area contributed by atoms with Crippen molar-refractivity contribution in [3.8, 4) is 11.4 Å². The van der Waals surface area contributed by atoms with Gasteiger partial charge in [-0.25, -0.2) is 38.3 Å². The van der Waals surface area contributed by atoms with Crippen LogP contribution in [0.2, 0.25) is 15.3 Å². The van der Waals surface area contributed by atoms with Gasteiger partial charge in [0.1, 0.15) is 29.7 Å². The van der Waals surface area contributed by atoms with Crippen LogP contribution in [0.3, 0.4) is 0 Å². The molecule has 1 saturated heterocycles. The van der Waals surface area contributed by atoms with Crippen molar-refractivity contribution in [2.75, 3.05) is 10.6 Å². The van der Waals surface area contributed by atoms with Gasteiger partial charge in [0.2, 0.25) is 17.2 Å². The van der Waals surface area contributed by atoms with Gasteiger partial charge >= 0.3 is 19.3 Å². The Bertz CT molecular complexity index is 2770. The summed E-state index contributed by atoms with van der Waals surface area (Å²) < 4.78 is 55.0. The molecule has 4 aromatic heterocycles. The number of nitrogens with one attached hydrogen (secondary N) is 4. The summed E-state index contributed by atoms with van der Waals surface area (Å²) in [6.45, 7) is 18.2. The third-order valence-corrected chi connectivity index (χ3v) is 10.8. The molecule has 1 aliphatic rings. The summed E-state index contributed by atoms with van der Waals surface area (Å²) in [6.07, 6.45) is 4.95. The second-order valence-electron chi connectivity index (χ2n) is 18.4. The van der Waals surface area contributed by atoms with Crippen molar-refractivity contribution < 1.29 is 37.2 Å². The van der Waals surface area contributed by atoms with Crippen LogP contribution < -0.4 is 26.7 Å². The normalized spacial score (nSPS) is 13.8. The van der Waals surface area contributed by atoms with E-state index in [0.29, 0.717) is 28.7 Å². The summed E-state index contributed by atoms with van der Waals surface area (Å²) in [5.74, 6) is 0.582. The SMILES string of the molecule is CC(C)(C)OC(=O)NCc1ccc(B2OC(C)(C)C(C)(C)O2)c(F)c1Cl.Cn1ccc(Nc2ncnc(-c3ccc(CNC(=O)OC(C)(C)C)c(Cl)c3F)n2)n1.Cn1ccc(Nc2ncnc(Cl)n2)n1. The van der Waals surface area contributed by atoms with Crippen molar-refractivity contribution in [3.05, 3.63) is 99.5 Å². The maximum absolute atomic E-state index is 14.9. The molecule has 1 aliphatic heterocycles. The largest absolute Gasteiger partial charge is 0.497 e. The number of halogens is 5. The van der Waals surface area contributed by atoms with Gasteiger partial charge in [-0.15, -0.1) is 0 Å². The number of benzene rings is 2. The van der Waals surface area contributed by atoms with Gasteiger partial charge in [-0.3, -0.25) is 9.36 Å². The zero-order valence-corrected chi connectivity index (χ0v) is 42.8.